The number of piperidine rings is 1. The monoisotopic (exact) mass is 235 g/mol. The first-order chi connectivity index (χ1) is 7.75. The van der Waals surface area contributed by atoms with E-state index in [-0.39, 0.29) is 0 Å². The Bertz CT molecular complexity index is 343. The number of benzene rings is 1. The Morgan fingerprint density at radius 2 is 2.25 bits per heavy atom. The zero-order valence-electron chi connectivity index (χ0n) is 10.3. The molecule has 1 N–H and O–H groups in total. The summed E-state index contributed by atoms with van der Waals surface area (Å²) in [5, 5.41) is 3.48. The second-order valence-electron chi connectivity index (χ2n) is 4.79. The minimum Gasteiger partial charge on any atom is -0.316 e. The summed E-state index contributed by atoms with van der Waals surface area (Å²) >= 11 is 2.02. The van der Waals surface area contributed by atoms with Gasteiger partial charge in [0.15, 0.2) is 0 Å². The molecule has 0 bridgehead atoms. The Kier molecular flexibility index (Phi) is 4.30. The second-order valence-corrected chi connectivity index (χ2v) is 5.85. The highest BCUT2D eigenvalue weighted by Gasteiger charge is 2.13. The molecule has 1 aromatic carbocycles. The van der Waals surface area contributed by atoms with E-state index in [9.17, 15) is 0 Å². The molecule has 88 valence electrons. The molecule has 1 unspecified atom stereocenters. The highest BCUT2D eigenvalue weighted by Crippen LogP contribution is 2.27. The van der Waals surface area contributed by atoms with E-state index >= 15 is 0 Å². The van der Waals surface area contributed by atoms with Gasteiger partial charge in [0, 0.05) is 10.6 Å². The highest BCUT2D eigenvalue weighted by atomic mass is 32.2. The van der Waals surface area contributed by atoms with E-state index in [4.69, 9.17) is 0 Å². The molecule has 0 saturated carbocycles. The molecule has 1 nitrogen and oxygen atoms in total. The van der Waals surface area contributed by atoms with Gasteiger partial charge in [-0.05, 0) is 57.3 Å². The van der Waals surface area contributed by atoms with Crippen molar-refractivity contribution in [3.63, 3.8) is 0 Å². The van der Waals surface area contributed by atoms with Crippen LogP contribution >= 0.6 is 11.8 Å². The predicted octanol–water partition coefficient (Wildman–Crippen LogP) is 3.40. The second kappa shape index (κ2) is 5.74. The van der Waals surface area contributed by atoms with Crippen LogP contribution in [0.15, 0.2) is 23.1 Å². The molecule has 1 aromatic rings. The van der Waals surface area contributed by atoms with Gasteiger partial charge in [-0.1, -0.05) is 17.7 Å². The van der Waals surface area contributed by atoms with Gasteiger partial charge >= 0.3 is 0 Å². The Morgan fingerprint density at radius 1 is 1.38 bits per heavy atom. The van der Waals surface area contributed by atoms with Crippen LogP contribution in [0.4, 0.5) is 0 Å². The third-order valence-corrected chi connectivity index (χ3v) is 4.61. The van der Waals surface area contributed by atoms with Crippen LogP contribution in [0.1, 0.15) is 24.0 Å². The number of rotatable bonds is 3. The lowest BCUT2D eigenvalue weighted by Crippen LogP contribution is -2.30. The lowest BCUT2D eigenvalue weighted by atomic mass is 10.0. The molecule has 0 amide bonds. The van der Waals surface area contributed by atoms with E-state index in [2.05, 4.69) is 37.4 Å². The van der Waals surface area contributed by atoms with E-state index in [0.717, 1.165) is 5.92 Å². The SMILES string of the molecule is Cc1ccc(SCC2CCCNC2)c(C)c1. The third-order valence-electron chi connectivity index (χ3n) is 3.20. The normalized spacial score (nSPS) is 21.0. The van der Waals surface area contributed by atoms with E-state index in [1.165, 1.54) is 47.7 Å². The lowest BCUT2D eigenvalue weighted by Gasteiger charge is -2.22. The zero-order valence-corrected chi connectivity index (χ0v) is 11.1. The van der Waals surface area contributed by atoms with Crippen LogP contribution in [-0.4, -0.2) is 18.8 Å². The fraction of sp³-hybridized carbons (Fsp3) is 0.571. The topological polar surface area (TPSA) is 12.0 Å². The number of aryl methyl sites for hydroxylation is 2. The van der Waals surface area contributed by atoms with Crippen molar-refractivity contribution >= 4 is 11.8 Å². The van der Waals surface area contributed by atoms with Gasteiger partial charge in [0.1, 0.15) is 0 Å². The van der Waals surface area contributed by atoms with Crippen LogP contribution in [0.25, 0.3) is 0 Å². The van der Waals surface area contributed by atoms with E-state index in [1.807, 2.05) is 11.8 Å². The minimum absolute atomic E-state index is 0.861. The van der Waals surface area contributed by atoms with E-state index in [0.29, 0.717) is 0 Å². The summed E-state index contributed by atoms with van der Waals surface area (Å²) in [6.45, 7) is 6.80. The molecule has 0 spiro atoms. The first kappa shape index (κ1) is 12.0. The van der Waals surface area contributed by atoms with Crippen LogP contribution in [0.3, 0.4) is 0 Å². The standard InChI is InChI=1S/C14H21NS/c1-11-5-6-14(12(2)8-11)16-10-13-4-3-7-15-9-13/h5-6,8,13,15H,3-4,7,9-10H2,1-2H3. The van der Waals surface area contributed by atoms with Crippen molar-refractivity contribution in [1.82, 2.24) is 5.32 Å². The minimum atomic E-state index is 0.861. The summed E-state index contributed by atoms with van der Waals surface area (Å²) in [7, 11) is 0. The molecule has 1 aliphatic rings. The summed E-state index contributed by atoms with van der Waals surface area (Å²) in [4.78, 5) is 1.45. The summed E-state index contributed by atoms with van der Waals surface area (Å²) in [6, 6.07) is 6.77. The molecule has 0 radical (unpaired) electrons. The maximum atomic E-state index is 3.48. The summed E-state index contributed by atoms with van der Waals surface area (Å²) in [6.07, 6.45) is 2.74. The predicted molar refractivity (Wildman–Crippen MR) is 72.2 cm³/mol. The molecule has 1 fully saturated rings. The molecular formula is C14H21NS. The van der Waals surface area contributed by atoms with Crippen molar-refractivity contribution in [3.8, 4) is 0 Å². The third kappa shape index (κ3) is 3.26. The first-order valence-electron chi connectivity index (χ1n) is 6.16. The number of hydrogen-bond acceptors (Lipinski definition) is 2. The van der Waals surface area contributed by atoms with Gasteiger partial charge in [0.05, 0.1) is 0 Å². The molecule has 16 heavy (non-hydrogen) atoms. The fourth-order valence-corrected chi connectivity index (χ4v) is 3.39. The largest absolute Gasteiger partial charge is 0.316 e. The molecular weight excluding hydrogens is 214 g/mol. The smallest absolute Gasteiger partial charge is 0.0101 e. The van der Waals surface area contributed by atoms with Gasteiger partial charge in [0.2, 0.25) is 0 Å². The van der Waals surface area contributed by atoms with Crippen molar-refractivity contribution in [2.45, 2.75) is 31.6 Å². The number of hydrogen-bond donors (Lipinski definition) is 1. The fourth-order valence-electron chi connectivity index (χ4n) is 2.24. The Labute approximate surface area is 103 Å². The highest BCUT2D eigenvalue weighted by molar-refractivity contribution is 7.99. The van der Waals surface area contributed by atoms with Crippen molar-refractivity contribution in [2.24, 2.45) is 5.92 Å². The van der Waals surface area contributed by atoms with Crippen LogP contribution in [0.5, 0.6) is 0 Å². The molecule has 1 saturated heterocycles. The van der Waals surface area contributed by atoms with Crippen molar-refractivity contribution in [1.29, 1.82) is 0 Å². The quantitative estimate of drug-likeness (QED) is 0.806. The van der Waals surface area contributed by atoms with Gasteiger partial charge in [-0.15, -0.1) is 11.8 Å². The Morgan fingerprint density at radius 3 is 2.94 bits per heavy atom. The maximum absolute atomic E-state index is 3.48. The lowest BCUT2D eigenvalue weighted by molar-refractivity contribution is 0.410. The van der Waals surface area contributed by atoms with Crippen LogP contribution in [-0.2, 0) is 0 Å². The first-order valence-corrected chi connectivity index (χ1v) is 7.15. The van der Waals surface area contributed by atoms with Crippen molar-refractivity contribution in [3.05, 3.63) is 29.3 Å². The number of thioether (sulfide) groups is 1. The van der Waals surface area contributed by atoms with E-state index in [1.54, 1.807) is 0 Å². The molecule has 1 aliphatic heterocycles. The summed E-state index contributed by atoms with van der Waals surface area (Å²) in [5.41, 5.74) is 2.79. The molecule has 1 atom stereocenters. The average Bonchev–Trinajstić information content (AvgIpc) is 2.29. The maximum Gasteiger partial charge on any atom is 0.0101 e. The zero-order chi connectivity index (χ0) is 11.4. The Balaban J connectivity index is 1.88. The molecule has 2 heteroatoms. The summed E-state index contributed by atoms with van der Waals surface area (Å²) < 4.78 is 0. The van der Waals surface area contributed by atoms with Crippen molar-refractivity contribution < 1.29 is 0 Å². The molecule has 0 aliphatic carbocycles. The summed E-state index contributed by atoms with van der Waals surface area (Å²) in [5.74, 6) is 2.12. The van der Waals surface area contributed by atoms with Gasteiger partial charge in [0.25, 0.3) is 0 Å². The molecule has 1 heterocycles. The molecule has 2 rings (SSSR count). The van der Waals surface area contributed by atoms with Crippen LogP contribution in [0, 0.1) is 19.8 Å². The Hall–Kier alpha value is -0.470. The average molecular weight is 235 g/mol. The van der Waals surface area contributed by atoms with Gasteiger partial charge < -0.3 is 5.32 Å². The van der Waals surface area contributed by atoms with Crippen molar-refractivity contribution in [2.75, 3.05) is 18.8 Å². The van der Waals surface area contributed by atoms with Gasteiger partial charge in [-0.2, -0.15) is 0 Å². The number of nitrogens with one attached hydrogen (secondary N) is 1. The van der Waals surface area contributed by atoms with Gasteiger partial charge in [-0.3, -0.25) is 0 Å². The van der Waals surface area contributed by atoms with Crippen LogP contribution < -0.4 is 5.32 Å². The molecule has 0 aromatic heterocycles. The van der Waals surface area contributed by atoms with E-state index < -0.39 is 0 Å². The van der Waals surface area contributed by atoms with Gasteiger partial charge in [-0.25, -0.2) is 0 Å². The van der Waals surface area contributed by atoms with Crippen LogP contribution in [0.2, 0.25) is 0 Å².